The van der Waals surface area contributed by atoms with Crippen molar-refractivity contribution in [1.29, 1.82) is 0 Å². The van der Waals surface area contributed by atoms with Gasteiger partial charge in [0.1, 0.15) is 5.54 Å². The average molecular weight is 266 g/mol. The zero-order valence-electron chi connectivity index (χ0n) is 12.6. The third kappa shape index (κ3) is 3.13. The van der Waals surface area contributed by atoms with Crippen LogP contribution in [0.25, 0.3) is 0 Å². The summed E-state index contributed by atoms with van der Waals surface area (Å²) < 4.78 is 0. The number of hydrogen-bond acceptors (Lipinski definition) is 2. The number of rotatable bonds is 4. The molecule has 0 aromatic heterocycles. The Labute approximate surface area is 117 Å². The number of hydrogen-bond donors (Lipinski definition) is 2. The first-order chi connectivity index (χ1) is 9.06. The summed E-state index contributed by atoms with van der Waals surface area (Å²) in [6, 6.07) is 0.501. The highest BCUT2D eigenvalue weighted by molar-refractivity contribution is 5.85. The summed E-state index contributed by atoms with van der Waals surface area (Å²) in [6.07, 6.45) is 10.8. The van der Waals surface area contributed by atoms with Crippen molar-refractivity contribution in [3.63, 3.8) is 0 Å². The molecule has 19 heavy (non-hydrogen) atoms. The van der Waals surface area contributed by atoms with Gasteiger partial charge in [0.2, 0.25) is 5.91 Å². The maximum absolute atomic E-state index is 12.2. The molecule has 2 fully saturated rings. The zero-order chi connectivity index (χ0) is 13.9. The average Bonchev–Trinajstić information content (AvgIpc) is 2.40. The summed E-state index contributed by atoms with van der Waals surface area (Å²) >= 11 is 0. The molecule has 0 saturated heterocycles. The second-order valence-electron chi connectivity index (χ2n) is 6.91. The molecule has 0 aromatic carbocycles. The Bertz CT molecular complexity index is 310. The molecule has 3 N–H and O–H groups in total. The normalized spacial score (nSPS) is 33.5. The second-order valence-corrected chi connectivity index (χ2v) is 6.91. The van der Waals surface area contributed by atoms with Crippen molar-refractivity contribution in [2.45, 2.75) is 83.2 Å². The van der Waals surface area contributed by atoms with Gasteiger partial charge in [0.15, 0.2) is 0 Å². The molecule has 2 aliphatic rings. The SMILES string of the molecule is CC(C)C1CCCCC1(NC1CCCCC1)C(N)=O. The monoisotopic (exact) mass is 266 g/mol. The lowest BCUT2D eigenvalue weighted by Gasteiger charge is -2.47. The first kappa shape index (κ1) is 14.8. The van der Waals surface area contributed by atoms with Gasteiger partial charge in [-0.1, -0.05) is 46.0 Å². The Hall–Kier alpha value is -0.570. The zero-order valence-corrected chi connectivity index (χ0v) is 12.6. The molecule has 2 saturated carbocycles. The first-order valence-corrected chi connectivity index (χ1v) is 8.14. The highest BCUT2D eigenvalue weighted by Gasteiger charge is 2.47. The van der Waals surface area contributed by atoms with Gasteiger partial charge < -0.3 is 11.1 Å². The van der Waals surface area contributed by atoms with E-state index in [0.29, 0.717) is 17.9 Å². The van der Waals surface area contributed by atoms with Gasteiger partial charge in [-0.3, -0.25) is 4.79 Å². The number of amides is 1. The minimum Gasteiger partial charge on any atom is -0.368 e. The van der Waals surface area contributed by atoms with E-state index in [4.69, 9.17) is 5.73 Å². The lowest BCUT2D eigenvalue weighted by molar-refractivity contribution is -0.130. The van der Waals surface area contributed by atoms with Crippen LogP contribution in [0.5, 0.6) is 0 Å². The molecule has 2 rings (SSSR count). The van der Waals surface area contributed by atoms with Crippen LogP contribution in [0.4, 0.5) is 0 Å². The molecule has 0 aromatic rings. The van der Waals surface area contributed by atoms with Crippen molar-refractivity contribution in [2.75, 3.05) is 0 Å². The summed E-state index contributed by atoms with van der Waals surface area (Å²) in [4.78, 5) is 12.2. The van der Waals surface area contributed by atoms with E-state index in [-0.39, 0.29) is 5.91 Å². The molecule has 0 heterocycles. The highest BCUT2D eigenvalue weighted by atomic mass is 16.1. The lowest BCUT2D eigenvalue weighted by Crippen LogP contribution is -2.65. The Balaban J connectivity index is 2.16. The van der Waals surface area contributed by atoms with E-state index >= 15 is 0 Å². The molecule has 0 radical (unpaired) electrons. The van der Waals surface area contributed by atoms with E-state index in [1.807, 2.05) is 0 Å². The van der Waals surface area contributed by atoms with E-state index in [1.165, 1.54) is 38.5 Å². The van der Waals surface area contributed by atoms with Crippen LogP contribution in [0.2, 0.25) is 0 Å². The molecule has 2 unspecified atom stereocenters. The quantitative estimate of drug-likeness (QED) is 0.822. The molecule has 3 heteroatoms. The third-order valence-electron chi connectivity index (χ3n) is 5.28. The fourth-order valence-electron chi connectivity index (χ4n) is 4.27. The molecule has 1 amide bonds. The van der Waals surface area contributed by atoms with Gasteiger partial charge in [-0.05, 0) is 37.5 Å². The third-order valence-corrected chi connectivity index (χ3v) is 5.28. The van der Waals surface area contributed by atoms with Gasteiger partial charge >= 0.3 is 0 Å². The van der Waals surface area contributed by atoms with E-state index in [0.717, 1.165) is 19.3 Å². The summed E-state index contributed by atoms with van der Waals surface area (Å²) in [7, 11) is 0. The van der Waals surface area contributed by atoms with Crippen molar-refractivity contribution >= 4 is 5.91 Å². The Kier molecular flexibility index (Phi) is 4.88. The van der Waals surface area contributed by atoms with Crippen LogP contribution in [-0.4, -0.2) is 17.5 Å². The molecule has 0 bridgehead atoms. The van der Waals surface area contributed by atoms with E-state index in [9.17, 15) is 4.79 Å². The van der Waals surface area contributed by atoms with Crippen molar-refractivity contribution in [3.05, 3.63) is 0 Å². The minimum atomic E-state index is -0.436. The predicted molar refractivity (Wildman–Crippen MR) is 78.7 cm³/mol. The number of nitrogens with one attached hydrogen (secondary N) is 1. The molecular formula is C16H30N2O. The standard InChI is InChI=1S/C16H30N2O/c1-12(2)14-10-6-7-11-16(14,15(17)19)18-13-8-4-3-5-9-13/h12-14,18H,3-11H2,1-2H3,(H2,17,19). The van der Waals surface area contributed by atoms with Crippen molar-refractivity contribution < 1.29 is 4.79 Å². The van der Waals surface area contributed by atoms with E-state index in [2.05, 4.69) is 19.2 Å². The summed E-state index contributed by atoms with van der Waals surface area (Å²) in [5, 5.41) is 3.73. The number of nitrogens with two attached hydrogens (primary N) is 1. The smallest absolute Gasteiger partial charge is 0.238 e. The molecular weight excluding hydrogens is 236 g/mol. The molecule has 0 aliphatic heterocycles. The van der Waals surface area contributed by atoms with Gasteiger partial charge in [-0.15, -0.1) is 0 Å². The van der Waals surface area contributed by atoms with E-state index < -0.39 is 5.54 Å². The van der Waals surface area contributed by atoms with Crippen molar-refractivity contribution in [3.8, 4) is 0 Å². The molecule has 2 aliphatic carbocycles. The van der Waals surface area contributed by atoms with Gasteiger partial charge in [-0.25, -0.2) is 0 Å². The summed E-state index contributed by atoms with van der Waals surface area (Å²) in [5.41, 5.74) is 5.41. The molecule has 2 atom stereocenters. The minimum absolute atomic E-state index is 0.114. The summed E-state index contributed by atoms with van der Waals surface area (Å²) in [6.45, 7) is 4.46. The van der Waals surface area contributed by atoms with Gasteiger partial charge in [0.25, 0.3) is 0 Å². The van der Waals surface area contributed by atoms with Crippen LogP contribution in [0.1, 0.15) is 71.6 Å². The maximum atomic E-state index is 12.2. The van der Waals surface area contributed by atoms with Crippen LogP contribution in [-0.2, 0) is 4.79 Å². The topological polar surface area (TPSA) is 55.1 Å². The fraction of sp³-hybridized carbons (Fsp3) is 0.938. The maximum Gasteiger partial charge on any atom is 0.238 e. The van der Waals surface area contributed by atoms with Crippen LogP contribution in [0, 0.1) is 11.8 Å². The van der Waals surface area contributed by atoms with Gasteiger partial charge in [-0.2, -0.15) is 0 Å². The first-order valence-electron chi connectivity index (χ1n) is 8.14. The van der Waals surface area contributed by atoms with Crippen molar-refractivity contribution in [2.24, 2.45) is 17.6 Å². The van der Waals surface area contributed by atoms with Crippen LogP contribution in [0.3, 0.4) is 0 Å². The number of primary amides is 1. The van der Waals surface area contributed by atoms with E-state index in [1.54, 1.807) is 0 Å². The molecule has 0 spiro atoms. The lowest BCUT2D eigenvalue weighted by atomic mass is 9.66. The Morgan fingerprint density at radius 1 is 1.11 bits per heavy atom. The van der Waals surface area contributed by atoms with Crippen LogP contribution >= 0.6 is 0 Å². The van der Waals surface area contributed by atoms with Gasteiger partial charge in [0, 0.05) is 6.04 Å². The van der Waals surface area contributed by atoms with Crippen LogP contribution in [0.15, 0.2) is 0 Å². The number of carbonyl (C=O) groups is 1. The van der Waals surface area contributed by atoms with Crippen molar-refractivity contribution in [1.82, 2.24) is 5.32 Å². The molecule has 3 nitrogen and oxygen atoms in total. The summed E-state index contributed by atoms with van der Waals surface area (Å²) in [5.74, 6) is 0.807. The highest BCUT2D eigenvalue weighted by Crippen LogP contribution is 2.39. The molecule has 110 valence electrons. The number of carbonyl (C=O) groups excluding carboxylic acids is 1. The fourth-order valence-corrected chi connectivity index (χ4v) is 4.27. The second kappa shape index (κ2) is 6.25. The Morgan fingerprint density at radius 2 is 1.74 bits per heavy atom. The van der Waals surface area contributed by atoms with Crippen LogP contribution < -0.4 is 11.1 Å². The predicted octanol–water partition coefficient (Wildman–Crippen LogP) is 2.98. The van der Waals surface area contributed by atoms with Gasteiger partial charge in [0.05, 0.1) is 0 Å². The Morgan fingerprint density at radius 3 is 2.32 bits per heavy atom. The largest absolute Gasteiger partial charge is 0.368 e.